The molecule has 0 atom stereocenters. The Labute approximate surface area is 132 Å². The van der Waals surface area contributed by atoms with Crippen molar-refractivity contribution in [2.75, 3.05) is 14.2 Å². The second kappa shape index (κ2) is 7.47. The van der Waals surface area contributed by atoms with E-state index in [-0.39, 0.29) is 65.1 Å². The predicted molar refractivity (Wildman–Crippen MR) is 58.0 cm³/mol. The molecule has 0 saturated heterocycles. The maximum Gasteiger partial charge on any atom is 1.00 e. The number of allylic oxidation sites excluding steroid dienone is 2. The molecule has 1 aliphatic carbocycles. The quantitative estimate of drug-likeness (QED) is 0.382. The van der Waals surface area contributed by atoms with Gasteiger partial charge in [0, 0.05) is 17.1 Å². The zero-order chi connectivity index (χ0) is 13.9. The molecule has 0 aromatic heterocycles. The molecule has 1 aliphatic rings. The molecule has 19 heavy (non-hydrogen) atoms. The van der Waals surface area contributed by atoms with Crippen LogP contribution in [0.25, 0.3) is 0 Å². The Morgan fingerprint density at radius 3 is 2.00 bits per heavy atom. The topological polar surface area (TPSA) is 92.7 Å². The van der Waals surface area contributed by atoms with E-state index in [1.165, 1.54) is 21.1 Å². The first-order valence-corrected chi connectivity index (χ1v) is 5.25. The van der Waals surface area contributed by atoms with E-state index < -0.39 is 17.5 Å². The molecule has 0 unspecified atom stereocenters. The van der Waals surface area contributed by atoms with Gasteiger partial charge in [0.15, 0.2) is 0 Å². The fourth-order valence-electron chi connectivity index (χ4n) is 1.72. The van der Waals surface area contributed by atoms with Gasteiger partial charge in [0.1, 0.15) is 0 Å². The van der Waals surface area contributed by atoms with E-state index in [0.717, 1.165) is 0 Å². The van der Waals surface area contributed by atoms with Crippen molar-refractivity contribution >= 4 is 17.5 Å². The van der Waals surface area contributed by atoms with Gasteiger partial charge in [0.05, 0.1) is 14.2 Å². The zero-order valence-electron chi connectivity index (χ0n) is 11.4. The van der Waals surface area contributed by atoms with Crippen LogP contribution in [0.3, 0.4) is 0 Å². The maximum atomic E-state index is 12.0. The number of ether oxygens (including phenoxy) is 2. The Balaban J connectivity index is 0.00000324. The maximum absolute atomic E-state index is 12.0. The van der Waals surface area contributed by atoms with Crippen LogP contribution in [0.1, 0.15) is 19.8 Å². The Morgan fingerprint density at radius 1 is 1.11 bits per heavy atom. The van der Waals surface area contributed by atoms with E-state index in [1.54, 1.807) is 0 Å². The minimum absolute atomic E-state index is 0. The normalized spacial score (nSPS) is 15.3. The summed E-state index contributed by atoms with van der Waals surface area (Å²) < 4.78 is 9.69. The molecular weight excluding hydrogens is 263 g/mol. The van der Waals surface area contributed by atoms with Crippen molar-refractivity contribution in [2.24, 2.45) is 0 Å². The standard InChI is InChI=1S/C12H14O6.Na/c1-6-7(4-5-8(13)14)10(16)12(18-3)11(17-2)9(6)15;/h4-5H2,1-3H3,(H,13,14);/q;+1/p-1. The Bertz CT molecular complexity index is 475. The van der Waals surface area contributed by atoms with Gasteiger partial charge in [-0.15, -0.1) is 0 Å². The van der Waals surface area contributed by atoms with Crippen LogP contribution < -0.4 is 34.7 Å². The van der Waals surface area contributed by atoms with Gasteiger partial charge >= 0.3 is 29.6 Å². The Morgan fingerprint density at radius 2 is 1.58 bits per heavy atom. The molecule has 0 saturated carbocycles. The van der Waals surface area contributed by atoms with Crippen molar-refractivity contribution in [3.63, 3.8) is 0 Å². The molecule has 0 bridgehead atoms. The SMILES string of the molecule is COC1=C(OC)C(=O)C(CCC(=O)[O-])=C(C)C1=O.[Na+]. The van der Waals surface area contributed by atoms with E-state index in [9.17, 15) is 19.5 Å². The van der Waals surface area contributed by atoms with Crippen LogP contribution in [0.2, 0.25) is 0 Å². The summed E-state index contributed by atoms with van der Waals surface area (Å²) in [5.41, 5.74) is 0.306. The minimum atomic E-state index is -1.28. The molecular formula is C12H13NaO6. The van der Waals surface area contributed by atoms with Crippen molar-refractivity contribution in [1.29, 1.82) is 0 Å². The summed E-state index contributed by atoms with van der Waals surface area (Å²) >= 11 is 0. The van der Waals surface area contributed by atoms with Crippen molar-refractivity contribution < 1.29 is 58.5 Å². The first kappa shape index (κ1) is 17.9. The van der Waals surface area contributed by atoms with Gasteiger partial charge in [-0.3, -0.25) is 9.59 Å². The third-order valence-corrected chi connectivity index (χ3v) is 2.67. The van der Waals surface area contributed by atoms with E-state index in [2.05, 4.69) is 0 Å². The summed E-state index contributed by atoms with van der Waals surface area (Å²) in [4.78, 5) is 34.3. The van der Waals surface area contributed by atoms with E-state index >= 15 is 0 Å². The smallest absolute Gasteiger partial charge is 0.550 e. The number of rotatable bonds is 5. The number of methoxy groups -OCH3 is 2. The van der Waals surface area contributed by atoms with E-state index in [4.69, 9.17) is 9.47 Å². The summed E-state index contributed by atoms with van der Waals surface area (Å²) in [6.45, 7) is 1.45. The van der Waals surface area contributed by atoms with Gasteiger partial charge in [-0.2, -0.15) is 0 Å². The third-order valence-electron chi connectivity index (χ3n) is 2.67. The number of carboxylic acids is 1. The second-order valence-corrected chi connectivity index (χ2v) is 3.70. The summed E-state index contributed by atoms with van der Waals surface area (Å²) in [7, 11) is 2.51. The molecule has 0 radical (unpaired) electrons. The molecule has 1 rings (SSSR count). The van der Waals surface area contributed by atoms with Crippen LogP contribution in [0, 0.1) is 0 Å². The second-order valence-electron chi connectivity index (χ2n) is 3.70. The van der Waals surface area contributed by atoms with Gasteiger partial charge in [0.25, 0.3) is 0 Å². The summed E-state index contributed by atoms with van der Waals surface area (Å²) in [5, 5.41) is 10.4. The average Bonchev–Trinajstić information content (AvgIpc) is 2.32. The number of Topliss-reactive ketones (excluding diaryl/α,β-unsaturated/α-hetero) is 2. The van der Waals surface area contributed by atoms with Gasteiger partial charge in [-0.25, -0.2) is 0 Å². The summed E-state index contributed by atoms with van der Waals surface area (Å²) in [5.74, 6) is -2.62. The summed E-state index contributed by atoms with van der Waals surface area (Å²) in [6, 6.07) is 0. The summed E-state index contributed by atoms with van der Waals surface area (Å²) in [6.07, 6.45) is -0.395. The molecule has 0 fully saturated rings. The van der Waals surface area contributed by atoms with Gasteiger partial charge in [0.2, 0.25) is 23.1 Å². The number of aliphatic carboxylic acids is 1. The third kappa shape index (κ3) is 3.68. The number of carbonyl (C=O) groups excluding carboxylic acids is 3. The Kier molecular flexibility index (Phi) is 7.04. The number of carboxylic acid groups (broad SMARTS) is 1. The van der Waals surface area contributed by atoms with Crippen LogP contribution in [-0.4, -0.2) is 31.8 Å². The fraction of sp³-hybridized carbons (Fsp3) is 0.417. The average molecular weight is 276 g/mol. The first-order valence-electron chi connectivity index (χ1n) is 5.25. The fourth-order valence-corrected chi connectivity index (χ4v) is 1.72. The monoisotopic (exact) mass is 276 g/mol. The number of carbonyl (C=O) groups is 3. The molecule has 0 aromatic carbocycles. The van der Waals surface area contributed by atoms with E-state index in [1.807, 2.05) is 0 Å². The van der Waals surface area contributed by atoms with Crippen LogP contribution in [0.4, 0.5) is 0 Å². The largest absolute Gasteiger partial charge is 1.00 e. The molecule has 98 valence electrons. The first-order chi connectivity index (χ1) is 8.43. The number of hydrogen-bond acceptors (Lipinski definition) is 6. The molecule has 0 heterocycles. The van der Waals surface area contributed by atoms with Crippen molar-refractivity contribution in [3.8, 4) is 0 Å². The van der Waals surface area contributed by atoms with Gasteiger partial charge in [-0.1, -0.05) is 0 Å². The van der Waals surface area contributed by atoms with Gasteiger partial charge in [-0.05, 0) is 19.8 Å². The molecule has 0 amide bonds. The molecule has 0 aliphatic heterocycles. The van der Waals surface area contributed by atoms with Crippen LogP contribution in [0.15, 0.2) is 22.7 Å². The van der Waals surface area contributed by atoms with Crippen LogP contribution in [-0.2, 0) is 23.9 Å². The molecule has 0 N–H and O–H groups in total. The Hall–Kier alpha value is -1.11. The minimum Gasteiger partial charge on any atom is -0.550 e. The number of ketones is 2. The van der Waals surface area contributed by atoms with Crippen molar-refractivity contribution in [3.05, 3.63) is 22.7 Å². The van der Waals surface area contributed by atoms with E-state index in [0.29, 0.717) is 0 Å². The molecule has 7 heteroatoms. The molecule has 0 spiro atoms. The van der Waals surface area contributed by atoms with Gasteiger partial charge < -0.3 is 19.4 Å². The molecule has 0 aromatic rings. The zero-order valence-corrected chi connectivity index (χ0v) is 13.4. The predicted octanol–water partition coefficient (Wildman–Crippen LogP) is -3.51. The number of hydrogen-bond donors (Lipinski definition) is 0. The van der Waals surface area contributed by atoms with Crippen molar-refractivity contribution in [2.45, 2.75) is 19.8 Å². The van der Waals surface area contributed by atoms with Crippen LogP contribution >= 0.6 is 0 Å². The van der Waals surface area contributed by atoms with Crippen molar-refractivity contribution in [1.82, 2.24) is 0 Å². The molecule has 6 nitrogen and oxygen atoms in total. The van der Waals surface area contributed by atoms with Crippen LogP contribution in [0.5, 0.6) is 0 Å².